The summed E-state index contributed by atoms with van der Waals surface area (Å²) in [5.41, 5.74) is 16.4. The predicted molar refractivity (Wildman–Crippen MR) is 194 cm³/mol. The molecular weight excluding hydrogens is 584 g/mol. The fourth-order valence-electron chi connectivity index (χ4n) is 6.76. The summed E-state index contributed by atoms with van der Waals surface area (Å²) >= 11 is 6.32. The van der Waals surface area contributed by atoms with Crippen LogP contribution in [0.4, 0.5) is 5.69 Å². The number of anilines is 1. The van der Waals surface area contributed by atoms with Crippen molar-refractivity contribution in [2.24, 2.45) is 0 Å². The maximum absolute atomic E-state index is 6.32. The normalized spacial score (nSPS) is 14.1. The molecule has 5 aromatic rings. The molecule has 1 fully saturated rings. The second kappa shape index (κ2) is 13.8. The van der Waals surface area contributed by atoms with E-state index >= 15 is 0 Å². The van der Waals surface area contributed by atoms with E-state index in [1.165, 1.54) is 66.9 Å². The average Bonchev–Trinajstić information content (AvgIpc) is 3.06. The predicted octanol–water partition coefficient (Wildman–Crippen LogP) is 9.99. The number of nitrogens with zero attached hydrogens (tertiary/aromatic N) is 4. The molecule has 4 nitrogen and oxygen atoms in total. The topological polar surface area (TPSA) is 32.3 Å². The van der Waals surface area contributed by atoms with Crippen LogP contribution in [0.2, 0.25) is 5.02 Å². The molecule has 0 aliphatic carbocycles. The van der Waals surface area contributed by atoms with Gasteiger partial charge in [-0.3, -0.25) is 14.9 Å². The van der Waals surface area contributed by atoms with Gasteiger partial charge in [0.1, 0.15) is 0 Å². The zero-order valence-electron chi connectivity index (χ0n) is 28.1. The van der Waals surface area contributed by atoms with Gasteiger partial charge in [-0.2, -0.15) is 0 Å². The molecular formula is C41H45ClN4. The Morgan fingerprint density at radius 2 is 1.30 bits per heavy atom. The Morgan fingerprint density at radius 3 is 1.93 bits per heavy atom. The van der Waals surface area contributed by atoms with E-state index in [0.717, 1.165) is 49.7 Å². The van der Waals surface area contributed by atoms with Gasteiger partial charge >= 0.3 is 0 Å². The van der Waals surface area contributed by atoms with Crippen LogP contribution in [-0.2, 0) is 13.1 Å². The zero-order chi connectivity index (χ0) is 32.4. The average molecular weight is 629 g/mol. The van der Waals surface area contributed by atoms with Crippen LogP contribution >= 0.6 is 11.6 Å². The molecule has 46 heavy (non-hydrogen) atoms. The Kier molecular flexibility index (Phi) is 9.58. The van der Waals surface area contributed by atoms with Crippen molar-refractivity contribution in [3.8, 4) is 22.4 Å². The number of likely N-dealkylation sites (tertiary alicyclic amines) is 1. The van der Waals surface area contributed by atoms with Gasteiger partial charge in [-0.05, 0) is 159 Å². The van der Waals surface area contributed by atoms with Crippen LogP contribution in [0.25, 0.3) is 22.4 Å². The van der Waals surface area contributed by atoms with E-state index in [9.17, 15) is 0 Å². The van der Waals surface area contributed by atoms with Gasteiger partial charge in [-0.25, -0.2) is 0 Å². The highest BCUT2D eigenvalue weighted by Gasteiger charge is 2.26. The number of piperidine rings is 1. The van der Waals surface area contributed by atoms with Gasteiger partial charge in [0.25, 0.3) is 0 Å². The van der Waals surface area contributed by atoms with Gasteiger partial charge in [-0.15, -0.1) is 0 Å². The summed E-state index contributed by atoms with van der Waals surface area (Å²) in [6.07, 6.45) is 8.18. The molecule has 0 spiro atoms. The van der Waals surface area contributed by atoms with E-state index in [0.29, 0.717) is 6.04 Å². The van der Waals surface area contributed by atoms with Crippen LogP contribution in [0, 0.1) is 41.5 Å². The van der Waals surface area contributed by atoms with Crippen molar-refractivity contribution in [2.45, 2.75) is 73.5 Å². The summed E-state index contributed by atoms with van der Waals surface area (Å²) in [5.74, 6) is 0. The lowest BCUT2D eigenvalue weighted by molar-refractivity contribution is 0.200. The van der Waals surface area contributed by atoms with Crippen LogP contribution < -0.4 is 4.90 Å². The van der Waals surface area contributed by atoms with E-state index in [2.05, 4.69) is 111 Å². The summed E-state index contributed by atoms with van der Waals surface area (Å²) < 4.78 is 0. The molecule has 0 radical (unpaired) electrons. The molecule has 1 aliphatic heterocycles. The molecule has 0 atom stereocenters. The smallest absolute Gasteiger partial charge is 0.0705 e. The van der Waals surface area contributed by atoms with E-state index < -0.39 is 0 Å². The van der Waals surface area contributed by atoms with Crippen LogP contribution in [-0.4, -0.2) is 34.0 Å². The van der Waals surface area contributed by atoms with Gasteiger partial charge in [0.05, 0.1) is 5.69 Å². The number of hydrogen-bond acceptors (Lipinski definition) is 4. The van der Waals surface area contributed by atoms with E-state index in [-0.39, 0.29) is 0 Å². The van der Waals surface area contributed by atoms with Gasteiger partial charge in [0, 0.05) is 72.6 Å². The molecule has 5 heteroatoms. The Labute approximate surface area is 280 Å². The zero-order valence-corrected chi connectivity index (χ0v) is 28.8. The highest BCUT2D eigenvalue weighted by molar-refractivity contribution is 6.30. The number of pyridine rings is 2. The molecule has 0 saturated carbocycles. The van der Waals surface area contributed by atoms with Crippen molar-refractivity contribution < 1.29 is 0 Å². The SMILES string of the molecule is Cc1cc(-c2cncc(CN3CCC(N(Cc4ccnc(-c5cc(C)c(C)c(C)c5)c4)c4ccc(Cl)cc4)CC3)c2)cc(C)c1C. The second-order valence-electron chi connectivity index (χ2n) is 13.2. The fourth-order valence-corrected chi connectivity index (χ4v) is 6.88. The standard InChI is InChI=1S/C41H45ClN4/c1-27-17-35(18-28(2)31(27)5)37-21-34(23-43-24-37)25-45-15-12-40(13-16-45)46(39-9-7-38(42)8-10-39)26-33-11-14-44-41(22-33)36-19-29(3)32(6)30(4)20-36/h7-11,14,17-24,40H,12-13,15-16,25-26H2,1-6H3. The third-order valence-corrected chi connectivity index (χ3v) is 10.3. The summed E-state index contributed by atoms with van der Waals surface area (Å²) in [7, 11) is 0. The lowest BCUT2D eigenvalue weighted by Gasteiger charge is -2.40. The Hall–Kier alpha value is -3.99. The number of rotatable bonds is 8. The van der Waals surface area contributed by atoms with Crippen LogP contribution in [0.3, 0.4) is 0 Å². The number of aromatic nitrogens is 2. The Balaban J connectivity index is 1.17. The van der Waals surface area contributed by atoms with E-state index in [1.54, 1.807) is 0 Å². The third-order valence-electron chi connectivity index (χ3n) is 10.0. The summed E-state index contributed by atoms with van der Waals surface area (Å²) in [6.45, 7) is 17.0. The minimum absolute atomic E-state index is 0.431. The largest absolute Gasteiger partial charge is 0.364 e. The Bertz CT molecular complexity index is 1790. The van der Waals surface area contributed by atoms with Crippen LogP contribution in [0.1, 0.15) is 57.3 Å². The van der Waals surface area contributed by atoms with E-state index in [1.807, 2.05) is 30.7 Å². The molecule has 3 aromatic carbocycles. The maximum atomic E-state index is 6.32. The summed E-state index contributed by atoms with van der Waals surface area (Å²) in [5, 5.41) is 0.765. The van der Waals surface area contributed by atoms with Crippen LogP contribution in [0.5, 0.6) is 0 Å². The van der Waals surface area contributed by atoms with Gasteiger partial charge in [0.15, 0.2) is 0 Å². The number of benzene rings is 3. The minimum atomic E-state index is 0.431. The fraction of sp³-hybridized carbons (Fsp3) is 0.317. The van der Waals surface area contributed by atoms with Gasteiger partial charge < -0.3 is 4.90 Å². The highest BCUT2D eigenvalue weighted by atomic mass is 35.5. The minimum Gasteiger partial charge on any atom is -0.364 e. The summed E-state index contributed by atoms with van der Waals surface area (Å²) in [6, 6.07) is 24.6. The maximum Gasteiger partial charge on any atom is 0.0705 e. The molecule has 3 heterocycles. The first kappa shape index (κ1) is 32.0. The number of halogens is 1. The van der Waals surface area contributed by atoms with Crippen molar-refractivity contribution >= 4 is 17.3 Å². The molecule has 0 unspecified atom stereocenters. The van der Waals surface area contributed by atoms with Crippen molar-refractivity contribution in [2.75, 3.05) is 18.0 Å². The molecule has 1 saturated heterocycles. The number of aryl methyl sites for hydroxylation is 4. The Morgan fingerprint density at radius 1 is 0.696 bits per heavy atom. The lowest BCUT2D eigenvalue weighted by atomic mass is 9.96. The second-order valence-corrected chi connectivity index (χ2v) is 13.6. The molecule has 6 rings (SSSR count). The quantitative estimate of drug-likeness (QED) is 0.171. The van der Waals surface area contributed by atoms with Crippen LogP contribution in [0.15, 0.2) is 85.3 Å². The molecule has 236 valence electrons. The van der Waals surface area contributed by atoms with Crippen molar-refractivity contribution in [3.05, 3.63) is 135 Å². The summed E-state index contributed by atoms with van der Waals surface area (Å²) in [4.78, 5) is 14.6. The first-order valence-corrected chi connectivity index (χ1v) is 16.8. The van der Waals surface area contributed by atoms with Crippen molar-refractivity contribution in [1.29, 1.82) is 0 Å². The number of hydrogen-bond donors (Lipinski definition) is 0. The molecule has 0 amide bonds. The molecule has 0 N–H and O–H groups in total. The lowest BCUT2D eigenvalue weighted by Crippen LogP contribution is -2.44. The van der Waals surface area contributed by atoms with Crippen molar-refractivity contribution in [1.82, 2.24) is 14.9 Å². The highest BCUT2D eigenvalue weighted by Crippen LogP contribution is 2.30. The molecule has 2 aromatic heterocycles. The van der Waals surface area contributed by atoms with E-state index in [4.69, 9.17) is 16.6 Å². The first-order chi connectivity index (χ1) is 22.1. The van der Waals surface area contributed by atoms with Crippen molar-refractivity contribution in [3.63, 3.8) is 0 Å². The third kappa shape index (κ3) is 7.19. The van der Waals surface area contributed by atoms with Gasteiger partial charge in [0.2, 0.25) is 0 Å². The molecule has 0 bridgehead atoms. The monoisotopic (exact) mass is 628 g/mol. The van der Waals surface area contributed by atoms with Gasteiger partial charge in [-0.1, -0.05) is 23.7 Å². The first-order valence-electron chi connectivity index (χ1n) is 16.4. The molecule has 1 aliphatic rings.